The van der Waals surface area contributed by atoms with Crippen LogP contribution in [0.3, 0.4) is 0 Å². The number of rotatable bonds is 2. The van der Waals surface area contributed by atoms with Crippen molar-refractivity contribution in [2.45, 2.75) is 13.0 Å². The predicted molar refractivity (Wildman–Crippen MR) is 89.1 cm³/mol. The Morgan fingerprint density at radius 3 is 2.32 bits per heavy atom. The lowest BCUT2D eigenvalue weighted by Gasteiger charge is -2.15. The largest absolute Gasteiger partial charge is 0.329 e. The van der Waals surface area contributed by atoms with Gasteiger partial charge in [-0.05, 0) is 42.8 Å². The third-order valence-electron chi connectivity index (χ3n) is 3.63. The lowest BCUT2D eigenvalue weighted by Crippen LogP contribution is -2.37. The van der Waals surface area contributed by atoms with Gasteiger partial charge in [0.05, 0.1) is 16.9 Å². The molecule has 1 atom stereocenters. The fourth-order valence-electron chi connectivity index (χ4n) is 2.45. The summed E-state index contributed by atoms with van der Waals surface area (Å²) in [7, 11) is 0. The van der Waals surface area contributed by atoms with Gasteiger partial charge < -0.3 is 4.98 Å². The smallest absolute Gasteiger partial charge is 0.307 e. The highest BCUT2D eigenvalue weighted by molar-refractivity contribution is 6.31. The van der Waals surface area contributed by atoms with Gasteiger partial charge in [-0.1, -0.05) is 35.3 Å². The van der Waals surface area contributed by atoms with E-state index in [4.69, 9.17) is 23.2 Å². The normalized spacial score (nSPS) is 12.5. The first-order valence-electron chi connectivity index (χ1n) is 6.67. The molecule has 1 N–H and O–H groups in total. The van der Waals surface area contributed by atoms with Gasteiger partial charge in [0.25, 0.3) is 5.56 Å². The second-order valence-electron chi connectivity index (χ2n) is 5.02. The first-order valence-corrected chi connectivity index (χ1v) is 7.42. The number of hydrogen-bond acceptors (Lipinski definition) is 2. The molecule has 112 valence electrons. The van der Waals surface area contributed by atoms with E-state index in [-0.39, 0.29) is 5.56 Å². The maximum atomic E-state index is 12.6. The number of aromatic amines is 1. The summed E-state index contributed by atoms with van der Waals surface area (Å²) in [5.41, 5.74) is 0.437. The van der Waals surface area contributed by atoms with Crippen LogP contribution in [-0.2, 0) is 0 Å². The maximum absolute atomic E-state index is 12.6. The van der Waals surface area contributed by atoms with Crippen LogP contribution in [0.4, 0.5) is 0 Å². The van der Waals surface area contributed by atoms with Crippen LogP contribution in [0, 0.1) is 0 Å². The Balaban J connectivity index is 2.22. The van der Waals surface area contributed by atoms with Crippen LogP contribution < -0.4 is 11.2 Å². The van der Waals surface area contributed by atoms with Crippen LogP contribution in [-0.4, -0.2) is 9.55 Å². The zero-order valence-electron chi connectivity index (χ0n) is 11.6. The molecule has 0 fully saturated rings. The number of hydrogen-bond donors (Lipinski definition) is 1. The Labute approximate surface area is 135 Å². The number of H-pyrrole nitrogens is 1. The first-order chi connectivity index (χ1) is 10.5. The number of fused-ring (bicyclic) bond motifs is 1. The van der Waals surface area contributed by atoms with Crippen molar-refractivity contribution in [1.29, 1.82) is 0 Å². The number of nitrogens with zero attached hydrogens (tertiary/aromatic N) is 1. The highest BCUT2D eigenvalue weighted by Gasteiger charge is 2.15. The van der Waals surface area contributed by atoms with Gasteiger partial charge in [0.2, 0.25) is 0 Å². The molecule has 0 bridgehead atoms. The Kier molecular flexibility index (Phi) is 3.81. The SMILES string of the molecule is CC(c1ccc(Cl)cc1)n1c(=O)[nH]c2cc(Cl)ccc2c1=O. The minimum Gasteiger partial charge on any atom is -0.307 e. The topological polar surface area (TPSA) is 54.9 Å². The number of aromatic nitrogens is 2. The van der Waals surface area contributed by atoms with Crippen LogP contribution in [0.15, 0.2) is 52.1 Å². The summed E-state index contributed by atoms with van der Waals surface area (Å²) >= 11 is 11.8. The monoisotopic (exact) mass is 334 g/mol. The average Bonchev–Trinajstić information content (AvgIpc) is 2.47. The van der Waals surface area contributed by atoms with Gasteiger partial charge in [0, 0.05) is 10.0 Å². The summed E-state index contributed by atoms with van der Waals surface area (Å²) < 4.78 is 1.19. The summed E-state index contributed by atoms with van der Waals surface area (Å²) in [6.45, 7) is 1.79. The Morgan fingerprint density at radius 1 is 1.00 bits per heavy atom. The van der Waals surface area contributed by atoms with E-state index < -0.39 is 11.7 Å². The van der Waals surface area contributed by atoms with Crippen LogP contribution in [0.1, 0.15) is 18.5 Å². The lowest BCUT2D eigenvalue weighted by molar-refractivity contribution is 0.585. The molecule has 3 aromatic rings. The summed E-state index contributed by atoms with van der Waals surface area (Å²) in [5, 5.41) is 1.49. The van der Waals surface area contributed by atoms with E-state index in [2.05, 4.69) is 4.98 Å². The molecule has 3 rings (SSSR count). The van der Waals surface area contributed by atoms with Gasteiger partial charge in [-0.3, -0.25) is 9.36 Å². The van der Waals surface area contributed by atoms with Gasteiger partial charge in [0.1, 0.15) is 0 Å². The molecule has 6 heteroatoms. The fraction of sp³-hybridized carbons (Fsp3) is 0.125. The lowest BCUT2D eigenvalue weighted by atomic mass is 10.1. The van der Waals surface area contributed by atoms with Gasteiger partial charge in [-0.2, -0.15) is 0 Å². The quantitative estimate of drug-likeness (QED) is 0.778. The van der Waals surface area contributed by atoms with E-state index in [0.29, 0.717) is 20.9 Å². The van der Waals surface area contributed by atoms with Gasteiger partial charge >= 0.3 is 5.69 Å². The zero-order valence-corrected chi connectivity index (χ0v) is 13.2. The number of benzene rings is 2. The van der Waals surface area contributed by atoms with Crippen molar-refractivity contribution in [1.82, 2.24) is 9.55 Å². The molecule has 0 aliphatic rings. The van der Waals surface area contributed by atoms with Crippen LogP contribution in [0.2, 0.25) is 10.0 Å². The summed E-state index contributed by atoms with van der Waals surface area (Å²) in [6.07, 6.45) is 0. The molecular weight excluding hydrogens is 323 g/mol. The van der Waals surface area contributed by atoms with E-state index >= 15 is 0 Å². The van der Waals surface area contributed by atoms with Crippen molar-refractivity contribution >= 4 is 34.1 Å². The van der Waals surface area contributed by atoms with Crippen molar-refractivity contribution in [2.75, 3.05) is 0 Å². The zero-order chi connectivity index (χ0) is 15.9. The first kappa shape index (κ1) is 14.9. The fourth-order valence-corrected chi connectivity index (χ4v) is 2.74. The van der Waals surface area contributed by atoms with Gasteiger partial charge in [-0.15, -0.1) is 0 Å². The molecule has 0 saturated heterocycles. The highest BCUT2D eigenvalue weighted by Crippen LogP contribution is 2.19. The van der Waals surface area contributed by atoms with Crippen molar-refractivity contribution in [3.63, 3.8) is 0 Å². The molecular formula is C16H12Cl2N2O2. The molecule has 0 amide bonds. The molecule has 0 radical (unpaired) electrons. The molecule has 22 heavy (non-hydrogen) atoms. The second kappa shape index (κ2) is 5.63. The summed E-state index contributed by atoms with van der Waals surface area (Å²) in [4.78, 5) is 27.6. The second-order valence-corrected chi connectivity index (χ2v) is 5.90. The van der Waals surface area contributed by atoms with Crippen LogP contribution >= 0.6 is 23.2 Å². The molecule has 0 spiro atoms. The minimum atomic E-state index is -0.470. The predicted octanol–water partition coefficient (Wildman–Crippen LogP) is 3.61. The van der Waals surface area contributed by atoms with E-state index in [9.17, 15) is 9.59 Å². The molecule has 1 heterocycles. The van der Waals surface area contributed by atoms with Gasteiger partial charge in [-0.25, -0.2) is 4.79 Å². The molecule has 1 aromatic heterocycles. The molecule has 2 aromatic carbocycles. The average molecular weight is 335 g/mol. The summed E-state index contributed by atoms with van der Waals surface area (Å²) in [5.74, 6) is 0. The maximum Gasteiger partial charge on any atom is 0.329 e. The van der Waals surface area contributed by atoms with E-state index in [0.717, 1.165) is 5.56 Å². The third-order valence-corrected chi connectivity index (χ3v) is 4.12. The minimum absolute atomic E-state index is 0.349. The van der Waals surface area contributed by atoms with Crippen molar-refractivity contribution in [2.24, 2.45) is 0 Å². The molecule has 4 nitrogen and oxygen atoms in total. The third kappa shape index (κ3) is 2.56. The van der Waals surface area contributed by atoms with Gasteiger partial charge in [0.15, 0.2) is 0 Å². The number of nitrogens with one attached hydrogen (secondary N) is 1. The molecule has 1 unspecified atom stereocenters. The molecule has 0 aliphatic carbocycles. The van der Waals surface area contributed by atoms with Crippen molar-refractivity contribution in [3.05, 3.63) is 78.9 Å². The van der Waals surface area contributed by atoms with Crippen molar-refractivity contribution < 1.29 is 0 Å². The molecule has 0 saturated carbocycles. The number of halogens is 2. The Bertz CT molecular complexity index is 959. The van der Waals surface area contributed by atoms with E-state index in [1.807, 2.05) is 0 Å². The molecule has 0 aliphatic heterocycles. The Hall–Kier alpha value is -2.04. The Morgan fingerprint density at radius 2 is 1.64 bits per heavy atom. The summed E-state index contributed by atoms with van der Waals surface area (Å²) in [6, 6.07) is 11.4. The van der Waals surface area contributed by atoms with E-state index in [1.54, 1.807) is 49.4 Å². The van der Waals surface area contributed by atoms with Crippen LogP contribution in [0.5, 0.6) is 0 Å². The van der Waals surface area contributed by atoms with Crippen molar-refractivity contribution in [3.8, 4) is 0 Å². The van der Waals surface area contributed by atoms with E-state index in [1.165, 1.54) is 4.57 Å². The van der Waals surface area contributed by atoms with Crippen LogP contribution in [0.25, 0.3) is 10.9 Å². The highest BCUT2D eigenvalue weighted by atomic mass is 35.5. The standard InChI is InChI=1S/C16H12Cl2N2O2/c1-9(10-2-4-11(17)5-3-10)20-15(21)13-7-6-12(18)8-14(13)19-16(20)22/h2-9H,1H3,(H,19,22).